The average Bonchev–Trinajstić information content (AvgIpc) is 2.46. The fourth-order valence-electron chi connectivity index (χ4n) is 1.94. The number of carbonyl (C=O) groups is 3. The Bertz CT molecular complexity index is 512. The second-order valence-corrected chi connectivity index (χ2v) is 4.87. The summed E-state index contributed by atoms with van der Waals surface area (Å²) in [6.45, 7) is 3.96. The summed E-state index contributed by atoms with van der Waals surface area (Å²) in [4.78, 5) is 35.1. The first-order valence-corrected chi connectivity index (χ1v) is 7.25. The summed E-state index contributed by atoms with van der Waals surface area (Å²) in [6.07, 6.45) is 4.14. The van der Waals surface area contributed by atoms with Gasteiger partial charge in [-0.1, -0.05) is 38.3 Å². The molecule has 114 valence electrons. The van der Waals surface area contributed by atoms with Gasteiger partial charge in [-0.15, -0.1) is 0 Å². The van der Waals surface area contributed by atoms with E-state index in [-0.39, 0.29) is 11.5 Å². The number of hydrogen-bond acceptors (Lipinski definition) is 3. The first kappa shape index (κ1) is 16.9. The predicted octanol–water partition coefficient (Wildman–Crippen LogP) is 2.52. The number of Topliss-reactive ketones (excluding diaryl/α,β-unsaturated/α-hetero) is 1. The zero-order valence-corrected chi connectivity index (χ0v) is 12.6. The Hall–Kier alpha value is -2.17. The SMILES string of the molecule is CCCCCCNC(=O)C(=O)c1ccccc1NC(C)=O. The van der Waals surface area contributed by atoms with Gasteiger partial charge in [0.2, 0.25) is 5.91 Å². The molecule has 1 aromatic rings. The molecule has 0 saturated carbocycles. The normalized spacial score (nSPS) is 10.0. The Labute approximate surface area is 125 Å². The summed E-state index contributed by atoms with van der Waals surface area (Å²) in [5, 5.41) is 5.17. The molecule has 0 heterocycles. The van der Waals surface area contributed by atoms with Gasteiger partial charge in [-0.3, -0.25) is 14.4 Å². The molecule has 0 radical (unpaired) electrons. The van der Waals surface area contributed by atoms with Gasteiger partial charge >= 0.3 is 0 Å². The fourth-order valence-corrected chi connectivity index (χ4v) is 1.94. The van der Waals surface area contributed by atoms with Crippen LogP contribution in [0, 0.1) is 0 Å². The lowest BCUT2D eigenvalue weighted by Crippen LogP contribution is -2.32. The highest BCUT2D eigenvalue weighted by molar-refractivity contribution is 6.44. The largest absolute Gasteiger partial charge is 0.349 e. The van der Waals surface area contributed by atoms with Crippen LogP contribution in [0.1, 0.15) is 49.9 Å². The number of amides is 2. The molecule has 1 aromatic carbocycles. The van der Waals surface area contributed by atoms with Crippen LogP contribution >= 0.6 is 0 Å². The summed E-state index contributed by atoms with van der Waals surface area (Å²) in [6, 6.07) is 6.49. The number of benzene rings is 1. The van der Waals surface area contributed by atoms with Crippen molar-refractivity contribution in [1.82, 2.24) is 5.32 Å². The molecule has 1 rings (SSSR count). The van der Waals surface area contributed by atoms with E-state index in [0.29, 0.717) is 12.2 Å². The van der Waals surface area contributed by atoms with Crippen LogP contribution in [0.2, 0.25) is 0 Å². The van der Waals surface area contributed by atoms with Crippen molar-refractivity contribution in [2.75, 3.05) is 11.9 Å². The van der Waals surface area contributed by atoms with E-state index in [4.69, 9.17) is 0 Å². The molecule has 2 N–H and O–H groups in total. The monoisotopic (exact) mass is 290 g/mol. The highest BCUT2D eigenvalue weighted by atomic mass is 16.2. The van der Waals surface area contributed by atoms with E-state index in [9.17, 15) is 14.4 Å². The number of ketones is 1. The van der Waals surface area contributed by atoms with Gasteiger partial charge in [0, 0.05) is 13.5 Å². The van der Waals surface area contributed by atoms with Gasteiger partial charge in [0.05, 0.1) is 11.3 Å². The number of nitrogens with one attached hydrogen (secondary N) is 2. The molecule has 0 unspecified atom stereocenters. The zero-order valence-electron chi connectivity index (χ0n) is 12.6. The van der Waals surface area contributed by atoms with Crippen LogP contribution in [0.25, 0.3) is 0 Å². The van der Waals surface area contributed by atoms with E-state index in [1.807, 2.05) is 0 Å². The molecule has 0 aliphatic carbocycles. The first-order valence-electron chi connectivity index (χ1n) is 7.25. The smallest absolute Gasteiger partial charge is 0.292 e. The Morgan fingerprint density at radius 3 is 2.43 bits per heavy atom. The van der Waals surface area contributed by atoms with Gasteiger partial charge in [-0.2, -0.15) is 0 Å². The second-order valence-electron chi connectivity index (χ2n) is 4.87. The lowest BCUT2D eigenvalue weighted by Gasteiger charge is -2.09. The van der Waals surface area contributed by atoms with Gasteiger partial charge in [0.15, 0.2) is 0 Å². The maximum Gasteiger partial charge on any atom is 0.292 e. The minimum absolute atomic E-state index is 0.207. The first-order chi connectivity index (χ1) is 10.1. The molecule has 0 aliphatic rings. The van der Waals surface area contributed by atoms with Gasteiger partial charge in [-0.05, 0) is 18.6 Å². The summed E-state index contributed by atoms with van der Waals surface area (Å²) in [5.41, 5.74) is 0.565. The van der Waals surface area contributed by atoms with Crippen molar-refractivity contribution in [3.63, 3.8) is 0 Å². The van der Waals surface area contributed by atoms with Crippen LogP contribution in [0.15, 0.2) is 24.3 Å². The molecule has 21 heavy (non-hydrogen) atoms. The van der Waals surface area contributed by atoms with E-state index in [1.54, 1.807) is 18.2 Å². The average molecular weight is 290 g/mol. The van der Waals surface area contributed by atoms with Crippen molar-refractivity contribution in [3.05, 3.63) is 29.8 Å². The number of unbranched alkanes of at least 4 members (excludes halogenated alkanes) is 3. The Kier molecular flexibility index (Phi) is 7.15. The minimum Gasteiger partial charge on any atom is -0.349 e. The molecular formula is C16H22N2O3. The van der Waals surface area contributed by atoms with E-state index >= 15 is 0 Å². The van der Waals surface area contributed by atoms with Crippen LogP contribution < -0.4 is 10.6 Å². The standard InChI is InChI=1S/C16H22N2O3/c1-3-4-5-8-11-17-16(21)15(20)13-9-6-7-10-14(13)18-12(2)19/h6-7,9-10H,3-5,8,11H2,1-2H3,(H,17,21)(H,18,19). The van der Waals surface area contributed by atoms with Gasteiger partial charge < -0.3 is 10.6 Å². The van der Waals surface area contributed by atoms with Crippen LogP contribution in [0.3, 0.4) is 0 Å². The highest BCUT2D eigenvalue weighted by Crippen LogP contribution is 2.15. The molecule has 0 saturated heterocycles. The number of para-hydroxylation sites is 1. The maximum absolute atomic E-state index is 12.1. The Morgan fingerprint density at radius 1 is 1.05 bits per heavy atom. The Morgan fingerprint density at radius 2 is 1.76 bits per heavy atom. The molecule has 0 aromatic heterocycles. The summed E-state index contributed by atoms with van der Waals surface area (Å²) in [5.74, 6) is -1.55. The molecular weight excluding hydrogens is 268 g/mol. The van der Waals surface area contributed by atoms with Crippen LogP contribution in [-0.4, -0.2) is 24.1 Å². The number of anilines is 1. The third-order valence-electron chi connectivity index (χ3n) is 3.00. The van der Waals surface area contributed by atoms with Crippen LogP contribution in [0.4, 0.5) is 5.69 Å². The lowest BCUT2D eigenvalue weighted by atomic mass is 10.1. The topological polar surface area (TPSA) is 75.3 Å². The third kappa shape index (κ3) is 5.77. The summed E-state index contributed by atoms with van der Waals surface area (Å²) < 4.78 is 0. The number of carbonyl (C=O) groups excluding carboxylic acids is 3. The van der Waals surface area contributed by atoms with Crippen molar-refractivity contribution < 1.29 is 14.4 Å². The quantitative estimate of drug-likeness (QED) is 0.439. The predicted molar refractivity (Wildman–Crippen MR) is 82.2 cm³/mol. The molecule has 0 spiro atoms. The fraction of sp³-hybridized carbons (Fsp3) is 0.438. The van der Waals surface area contributed by atoms with E-state index in [1.165, 1.54) is 13.0 Å². The van der Waals surface area contributed by atoms with Crippen molar-refractivity contribution in [3.8, 4) is 0 Å². The minimum atomic E-state index is -0.635. The van der Waals surface area contributed by atoms with E-state index < -0.39 is 11.7 Å². The molecule has 0 atom stereocenters. The zero-order chi connectivity index (χ0) is 15.7. The van der Waals surface area contributed by atoms with Gasteiger partial charge in [-0.25, -0.2) is 0 Å². The van der Waals surface area contributed by atoms with Gasteiger partial charge in [0.25, 0.3) is 11.7 Å². The highest BCUT2D eigenvalue weighted by Gasteiger charge is 2.19. The maximum atomic E-state index is 12.1. The summed E-state index contributed by atoms with van der Waals surface area (Å²) in [7, 11) is 0. The van der Waals surface area contributed by atoms with E-state index in [2.05, 4.69) is 17.6 Å². The van der Waals surface area contributed by atoms with Crippen molar-refractivity contribution in [2.45, 2.75) is 39.5 Å². The van der Waals surface area contributed by atoms with Crippen LogP contribution in [-0.2, 0) is 9.59 Å². The van der Waals surface area contributed by atoms with Crippen molar-refractivity contribution in [1.29, 1.82) is 0 Å². The molecule has 0 fully saturated rings. The Balaban J connectivity index is 2.61. The third-order valence-corrected chi connectivity index (χ3v) is 3.00. The lowest BCUT2D eigenvalue weighted by molar-refractivity contribution is -0.117. The van der Waals surface area contributed by atoms with Crippen molar-refractivity contribution in [2.24, 2.45) is 0 Å². The molecule has 0 bridgehead atoms. The summed E-state index contributed by atoms with van der Waals surface area (Å²) >= 11 is 0. The van der Waals surface area contributed by atoms with E-state index in [0.717, 1.165) is 25.7 Å². The molecule has 5 nitrogen and oxygen atoms in total. The number of rotatable bonds is 8. The molecule has 0 aliphatic heterocycles. The van der Waals surface area contributed by atoms with Gasteiger partial charge in [0.1, 0.15) is 0 Å². The van der Waals surface area contributed by atoms with Crippen LogP contribution in [0.5, 0.6) is 0 Å². The number of hydrogen-bond donors (Lipinski definition) is 2. The second kappa shape index (κ2) is 8.89. The molecule has 5 heteroatoms. The molecule has 2 amide bonds. The van der Waals surface area contributed by atoms with Crippen molar-refractivity contribution >= 4 is 23.3 Å².